The van der Waals surface area contributed by atoms with Crippen LogP contribution in [0, 0.1) is 0 Å². The number of nitrogens with two attached hydrogens (primary N) is 1. The molecule has 0 aliphatic carbocycles. The molecule has 0 bridgehead atoms. The van der Waals surface area contributed by atoms with E-state index in [4.69, 9.17) is 25.3 Å². The van der Waals surface area contributed by atoms with Crippen LogP contribution in [0.25, 0.3) is 0 Å². The third-order valence-corrected chi connectivity index (χ3v) is 2.38. The van der Waals surface area contributed by atoms with Gasteiger partial charge in [0.1, 0.15) is 0 Å². The van der Waals surface area contributed by atoms with E-state index in [1.54, 1.807) is 0 Å². The molecule has 9 nitrogen and oxygen atoms in total. The molecule has 0 aliphatic heterocycles. The van der Waals surface area contributed by atoms with Crippen LogP contribution in [-0.2, 0) is 18.2 Å². The van der Waals surface area contributed by atoms with Gasteiger partial charge >= 0.3 is 15.6 Å². The van der Waals surface area contributed by atoms with E-state index in [2.05, 4.69) is 9.05 Å². The number of phosphoric ester groups is 2. The van der Waals surface area contributed by atoms with E-state index in [9.17, 15) is 9.13 Å². The second kappa shape index (κ2) is 7.25. The summed E-state index contributed by atoms with van der Waals surface area (Å²) in [7, 11) is -9.00. The molecule has 0 spiro atoms. The Balaban J connectivity index is 3.70. The van der Waals surface area contributed by atoms with E-state index in [1.165, 1.54) is 6.08 Å². The van der Waals surface area contributed by atoms with Crippen LogP contribution < -0.4 is 5.73 Å². The minimum atomic E-state index is -4.55. The van der Waals surface area contributed by atoms with Crippen molar-refractivity contribution in [2.45, 2.75) is 18.9 Å². The van der Waals surface area contributed by atoms with Crippen LogP contribution >= 0.6 is 15.6 Å². The monoisotopic (exact) mass is 291 g/mol. The van der Waals surface area contributed by atoms with Crippen molar-refractivity contribution in [3.8, 4) is 0 Å². The molecule has 0 saturated carbocycles. The SMILES string of the molecule is NC(/C=C/OP(=O)(O)O)CCCOP(=O)(O)O. The van der Waals surface area contributed by atoms with E-state index in [1.807, 2.05) is 0 Å². The van der Waals surface area contributed by atoms with Crippen molar-refractivity contribution in [3.63, 3.8) is 0 Å². The highest BCUT2D eigenvalue weighted by atomic mass is 31.2. The Morgan fingerprint density at radius 1 is 1.18 bits per heavy atom. The fourth-order valence-electron chi connectivity index (χ4n) is 0.814. The maximum atomic E-state index is 10.3. The summed E-state index contributed by atoms with van der Waals surface area (Å²) >= 11 is 0. The van der Waals surface area contributed by atoms with Crippen molar-refractivity contribution in [3.05, 3.63) is 12.3 Å². The van der Waals surface area contributed by atoms with Gasteiger partial charge in [-0.15, -0.1) is 0 Å². The van der Waals surface area contributed by atoms with Crippen LogP contribution in [0.1, 0.15) is 12.8 Å². The van der Waals surface area contributed by atoms with Crippen molar-refractivity contribution in [2.24, 2.45) is 5.73 Å². The van der Waals surface area contributed by atoms with Crippen LogP contribution in [0.2, 0.25) is 0 Å². The van der Waals surface area contributed by atoms with E-state index in [0.29, 0.717) is 6.42 Å². The summed E-state index contributed by atoms with van der Waals surface area (Å²) in [6.45, 7) is -0.162. The highest BCUT2D eigenvalue weighted by molar-refractivity contribution is 7.46. The number of hydrogen-bond donors (Lipinski definition) is 5. The molecule has 0 aliphatic rings. The molecule has 1 atom stereocenters. The topological polar surface area (TPSA) is 160 Å². The van der Waals surface area contributed by atoms with Crippen LogP contribution in [-0.4, -0.2) is 32.2 Å². The molecule has 0 heterocycles. The summed E-state index contributed by atoms with van der Waals surface area (Å²) in [6.07, 6.45) is 2.61. The second-order valence-corrected chi connectivity index (χ2v) is 5.49. The third kappa shape index (κ3) is 13.7. The van der Waals surface area contributed by atoms with Crippen molar-refractivity contribution in [1.29, 1.82) is 0 Å². The summed E-state index contributed by atoms with van der Waals surface area (Å²) in [6, 6.07) is -0.554. The molecule has 0 saturated heterocycles. The Morgan fingerprint density at radius 2 is 1.76 bits per heavy atom. The van der Waals surface area contributed by atoms with Gasteiger partial charge in [-0.05, 0) is 18.9 Å². The number of rotatable bonds is 8. The Labute approximate surface area is 97.7 Å². The minimum absolute atomic E-state index is 0.162. The largest absolute Gasteiger partial charge is 0.524 e. The quantitative estimate of drug-likeness (QED) is 0.232. The molecule has 17 heavy (non-hydrogen) atoms. The molecular formula is C6H15NO8P2. The average molecular weight is 291 g/mol. The van der Waals surface area contributed by atoms with Gasteiger partial charge in [0.25, 0.3) is 0 Å². The zero-order valence-electron chi connectivity index (χ0n) is 8.75. The fraction of sp³-hybridized carbons (Fsp3) is 0.667. The second-order valence-electron chi connectivity index (χ2n) is 3.05. The fourth-order valence-corrected chi connectivity index (χ4v) is 1.41. The standard InChI is InChI=1S/C6H15NO8P2/c7-6(3-5-15-17(11,12)13)2-1-4-14-16(8,9)10/h3,5-6H,1-2,4,7H2,(H2,8,9,10)(H2,11,12,13)/b5-3+. The van der Waals surface area contributed by atoms with Gasteiger partial charge in [0, 0.05) is 6.04 Å². The first kappa shape index (κ1) is 16.8. The van der Waals surface area contributed by atoms with E-state index in [-0.39, 0.29) is 13.0 Å². The van der Waals surface area contributed by atoms with Gasteiger partial charge in [0.2, 0.25) is 0 Å². The van der Waals surface area contributed by atoms with Crippen LogP contribution in [0.15, 0.2) is 12.3 Å². The van der Waals surface area contributed by atoms with Gasteiger partial charge in [0.05, 0.1) is 12.9 Å². The van der Waals surface area contributed by atoms with Crippen molar-refractivity contribution >= 4 is 15.6 Å². The van der Waals surface area contributed by atoms with Gasteiger partial charge in [-0.1, -0.05) is 0 Å². The smallest absolute Gasteiger partial charge is 0.412 e. The lowest BCUT2D eigenvalue weighted by Crippen LogP contribution is -2.17. The van der Waals surface area contributed by atoms with Crippen LogP contribution in [0.5, 0.6) is 0 Å². The average Bonchev–Trinajstić information content (AvgIpc) is 2.09. The molecule has 0 radical (unpaired) electrons. The minimum Gasteiger partial charge on any atom is -0.412 e. The summed E-state index contributed by atoms with van der Waals surface area (Å²) in [5, 5.41) is 0. The highest BCUT2D eigenvalue weighted by Gasteiger charge is 2.13. The van der Waals surface area contributed by atoms with E-state index >= 15 is 0 Å². The summed E-state index contributed by atoms with van der Waals surface area (Å²) < 4.78 is 28.7. The highest BCUT2D eigenvalue weighted by Crippen LogP contribution is 2.36. The number of phosphoric acid groups is 2. The molecule has 6 N–H and O–H groups in total. The van der Waals surface area contributed by atoms with E-state index < -0.39 is 21.7 Å². The molecule has 0 amide bonds. The summed E-state index contributed by atoms with van der Waals surface area (Å²) in [5.41, 5.74) is 5.48. The lowest BCUT2D eigenvalue weighted by atomic mass is 10.2. The molecule has 0 fully saturated rings. The zero-order chi connectivity index (χ0) is 13.5. The predicted molar refractivity (Wildman–Crippen MR) is 57.5 cm³/mol. The first-order valence-corrected chi connectivity index (χ1v) is 7.52. The molecule has 11 heteroatoms. The van der Waals surface area contributed by atoms with Gasteiger partial charge in [-0.2, -0.15) is 0 Å². The Kier molecular flexibility index (Phi) is 7.15. The maximum Gasteiger partial charge on any atom is 0.524 e. The molecular weight excluding hydrogens is 276 g/mol. The van der Waals surface area contributed by atoms with Gasteiger partial charge in [0.15, 0.2) is 0 Å². The van der Waals surface area contributed by atoms with E-state index in [0.717, 1.165) is 6.26 Å². The molecule has 0 rings (SSSR count). The first-order valence-electron chi connectivity index (χ1n) is 4.46. The van der Waals surface area contributed by atoms with Crippen LogP contribution in [0.4, 0.5) is 0 Å². The first-order chi connectivity index (χ1) is 7.60. The summed E-state index contributed by atoms with van der Waals surface area (Å²) in [4.78, 5) is 33.4. The van der Waals surface area contributed by atoms with Crippen molar-refractivity contribution in [1.82, 2.24) is 0 Å². The molecule has 102 valence electrons. The zero-order valence-corrected chi connectivity index (χ0v) is 10.5. The molecule has 0 aromatic heterocycles. The van der Waals surface area contributed by atoms with Gasteiger partial charge < -0.3 is 20.0 Å². The molecule has 1 unspecified atom stereocenters. The van der Waals surface area contributed by atoms with Gasteiger partial charge in [-0.25, -0.2) is 9.13 Å². The van der Waals surface area contributed by atoms with Gasteiger partial charge in [-0.3, -0.25) is 14.3 Å². The summed E-state index contributed by atoms with van der Waals surface area (Å²) in [5.74, 6) is 0. The van der Waals surface area contributed by atoms with Crippen LogP contribution in [0.3, 0.4) is 0 Å². The maximum absolute atomic E-state index is 10.3. The number of hydrogen-bond acceptors (Lipinski definition) is 5. The molecule has 0 aromatic rings. The Morgan fingerprint density at radius 3 is 2.24 bits per heavy atom. The Bertz CT molecular complexity index is 333. The third-order valence-electron chi connectivity index (χ3n) is 1.47. The van der Waals surface area contributed by atoms with Crippen molar-refractivity contribution in [2.75, 3.05) is 6.61 Å². The lowest BCUT2D eigenvalue weighted by Gasteiger charge is -2.08. The predicted octanol–water partition coefficient (Wildman–Crippen LogP) is -0.174. The molecule has 0 aromatic carbocycles. The van der Waals surface area contributed by atoms with Crippen molar-refractivity contribution < 1.29 is 37.8 Å². The lowest BCUT2D eigenvalue weighted by molar-refractivity contribution is 0.193. The normalized spacial score (nSPS) is 15.1. The Hall–Kier alpha value is -0.240.